The number of aromatic nitrogens is 2. The van der Waals surface area contributed by atoms with Gasteiger partial charge in [-0.1, -0.05) is 35.9 Å². The number of thiocarbonyl (C=S) groups is 1. The fourth-order valence-electron chi connectivity index (χ4n) is 5.37. The molecular weight excluding hydrogens is 522 g/mol. The van der Waals surface area contributed by atoms with Crippen LogP contribution in [0.5, 0.6) is 0 Å². The Morgan fingerprint density at radius 1 is 1.02 bits per heavy atom. The highest BCUT2D eigenvalue weighted by atomic mass is 32.1. The van der Waals surface area contributed by atoms with E-state index < -0.39 is 5.97 Å². The molecule has 2 aromatic carbocycles. The topological polar surface area (TPSA) is 99.5 Å². The molecule has 1 fully saturated rings. The van der Waals surface area contributed by atoms with Gasteiger partial charge >= 0.3 is 5.97 Å². The Hall–Kier alpha value is -4.50. The average molecular weight is 554 g/mol. The van der Waals surface area contributed by atoms with E-state index in [-0.39, 0.29) is 30.0 Å². The van der Waals surface area contributed by atoms with Crippen molar-refractivity contribution < 1.29 is 14.7 Å². The predicted molar refractivity (Wildman–Crippen MR) is 159 cm³/mol. The predicted octanol–water partition coefficient (Wildman–Crippen LogP) is 5.50. The summed E-state index contributed by atoms with van der Waals surface area (Å²) < 4.78 is 1.97. The molecule has 0 aliphatic carbocycles. The lowest BCUT2D eigenvalue weighted by Crippen LogP contribution is -2.32. The van der Waals surface area contributed by atoms with Gasteiger partial charge in [0.25, 0.3) is 0 Å². The van der Waals surface area contributed by atoms with Crippen molar-refractivity contribution in [3.63, 3.8) is 0 Å². The van der Waals surface area contributed by atoms with Crippen LogP contribution < -0.4 is 10.6 Å². The van der Waals surface area contributed by atoms with Crippen LogP contribution in [0.1, 0.15) is 57.1 Å². The molecule has 0 saturated carbocycles. The van der Waals surface area contributed by atoms with E-state index in [1.165, 1.54) is 0 Å². The van der Waals surface area contributed by atoms with Crippen LogP contribution in [0.25, 0.3) is 5.69 Å². The first-order chi connectivity index (χ1) is 19.2. The quantitative estimate of drug-likeness (QED) is 0.248. The molecule has 2 aromatic heterocycles. The van der Waals surface area contributed by atoms with Crippen LogP contribution >= 0.6 is 12.2 Å². The number of hydrogen-bond donors (Lipinski definition) is 3. The van der Waals surface area contributed by atoms with Gasteiger partial charge in [0.1, 0.15) is 0 Å². The van der Waals surface area contributed by atoms with Crippen molar-refractivity contribution >= 4 is 34.9 Å². The van der Waals surface area contributed by atoms with Crippen molar-refractivity contribution in [2.75, 3.05) is 11.9 Å². The number of pyridine rings is 1. The number of carbonyl (C=O) groups excluding carboxylic acids is 1. The van der Waals surface area contributed by atoms with Gasteiger partial charge in [0.05, 0.1) is 29.0 Å². The minimum atomic E-state index is -0.985. The van der Waals surface area contributed by atoms with Gasteiger partial charge < -0.3 is 25.2 Å². The van der Waals surface area contributed by atoms with Crippen LogP contribution in [0.3, 0.4) is 0 Å². The molecule has 3 heterocycles. The van der Waals surface area contributed by atoms with Crippen molar-refractivity contribution in [2.24, 2.45) is 0 Å². The summed E-state index contributed by atoms with van der Waals surface area (Å²) in [5.74, 6) is -1.09. The molecule has 2 atom stereocenters. The Morgan fingerprint density at radius 2 is 1.75 bits per heavy atom. The SMILES string of the molecule is Cc1ccc(NC(=O)CCN2C(=S)N[C@@H](c3ccccn3)[C@@H]2c2cc(C)n(-c3ccccc3C(=O)O)c2C)cc1. The Labute approximate surface area is 238 Å². The number of carboxylic acids is 1. The molecule has 1 aliphatic rings. The Kier molecular flexibility index (Phi) is 7.66. The van der Waals surface area contributed by atoms with Crippen molar-refractivity contribution in [1.82, 2.24) is 19.8 Å². The van der Waals surface area contributed by atoms with E-state index in [4.69, 9.17) is 12.2 Å². The van der Waals surface area contributed by atoms with Gasteiger partial charge in [-0.2, -0.15) is 0 Å². The molecule has 5 rings (SSSR count). The number of hydrogen-bond acceptors (Lipinski definition) is 4. The number of aryl methyl sites for hydroxylation is 2. The largest absolute Gasteiger partial charge is 0.478 e. The zero-order chi connectivity index (χ0) is 28.4. The summed E-state index contributed by atoms with van der Waals surface area (Å²) in [5.41, 5.74) is 6.31. The van der Waals surface area contributed by atoms with Gasteiger partial charge in [-0.3, -0.25) is 9.78 Å². The van der Waals surface area contributed by atoms with Crippen molar-refractivity contribution in [3.05, 3.63) is 113 Å². The van der Waals surface area contributed by atoms with Gasteiger partial charge in [-0.05, 0) is 81.0 Å². The molecule has 1 aliphatic heterocycles. The number of nitrogens with one attached hydrogen (secondary N) is 2. The summed E-state index contributed by atoms with van der Waals surface area (Å²) in [4.78, 5) is 31.6. The number of benzene rings is 2. The Balaban J connectivity index is 1.50. The number of amides is 1. The molecule has 0 unspecified atom stereocenters. The summed E-state index contributed by atoms with van der Waals surface area (Å²) in [6.07, 6.45) is 1.99. The molecule has 204 valence electrons. The van der Waals surface area contributed by atoms with Crippen LogP contribution in [0, 0.1) is 20.8 Å². The lowest BCUT2D eigenvalue weighted by molar-refractivity contribution is -0.116. The summed E-state index contributed by atoms with van der Waals surface area (Å²) in [6.45, 7) is 6.35. The maximum absolute atomic E-state index is 12.9. The van der Waals surface area contributed by atoms with Crippen LogP contribution in [0.15, 0.2) is 79.0 Å². The molecule has 3 N–H and O–H groups in total. The molecule has 1 saturated heterocycles. The second kappa shape index (κ2) is 11.3. The number of rotatable bonds is 8. The molecule has 8 nitrogen and oxygen atoms in total. The molecule has 0 bridgehead atoms. The van der Waals surface area contributed by atoms with E-state index in [2.05, 4.69) is 21.7 Å². The van der Waals surface area contributed by atoms with E-state index in [9.17, 15) is 14.7 Å². The second-order valence-electron chi connectivity index (χ2n) is 9.97. The number of aromatic carboxylic acids is 1. The summed E-state index contributed by atoms with van der Waals surface area (Å²) in [5, 5.41) is 16.8. The third-order valence-corrected chi connectivity index (χ3v) is 7.63. The number of anilines is 1. The maximum atomic E-state index is 12.9. The minimum absolute atomic E-state index is 0.104. The number of nitrogens with zero attached hydrogens (tertiary/aromatic N) is 3. The third-order valence-electron chi connectivity index (χ3n) is 7.28. The molecule has 9 heteroatoms. The normalized spacial score (nSPS) is 16.6. The van der Waals surface area contributed by atoms with E-state index in [1.54, 1.807) is 18.3 Å². The van der Waals surface area contributed by atoms with E-state index in [1.807, 2.05) is 84.8 Å². The standard InChI is InChI=1S/C31H31N5O3S/c1-19-11-13-22(14-12-19)33-27(37)15-17-35-29(28(34-31(35)40)25-9-6-7-16-32-25)24-18-20(2)36(21(24)3)26-10-5-4-8-23(26)30(38)39/h4-14,16,18,28-29H,15,17H2,1-3H3,(H,33,37)(H,34,40)(H,38,39)/t28-,29-/m0/s1. The number of carboxylic acid groups (broad SMARTS) is 1. The van der Waals surface area contributed by atoms with Crippen molar-refractivity contribution in [1.29, 1.82) is 0 Å². The highest BCUT2D eigenvalue weighted by Gasteiger charge is 2.41. The number of carbonyl (C=O) groups is 2. The number of para-hydroxylation sites is 1. The average Bonchev–Trinajstić information content (AvgIpc) is 3.43. The van der Waals surface area contributed by atoms with Gasteiger partial charge in [-0.15, -0.1) is 0 Å². The van der Waals surface area contributed by atoms with Crippen LogP contribution in [-0.2, 0) is 4.79 Å². The Bertz CT molecular complexity index is 1570. The summed E-state index contributed by atoms with van der Waals surface area (Å²) in [7, 11) is 0. The maximum Gasteiger partial charge on any atom is 0.337 e. The zero-order valence-corrected chi connectivity index (χ0v) is 23.4. The molecular formula is C31H31N5O3S. The zero-order valence-electron chi connectivity index (χ0n) is 22.6. The Morgan fingerprint density at radius 3 is 2.45 bits per heavy atom. The molecule has 0 radical (unpaired) electrons. The highest BCUT2D eigenvalue weighted by Crippen LogP contribution is 2.41. The van der Waals surface area contributed by atoms with E-state index in [0.717, 1.165) is 33.9 Å². The molecule has 4 aromatic rings. The highest BCUT2D eigenvalue weighted by molar-refractivity contribution is 7.80. The first-order valence-corrected chi connectivity index (χ1v) is 13.5. The van der Waals surface area contributed by atoms with Gasteiger partial charge in [0.2, 0.25) is 5.91 Å². The van der Waals surface area contributed by atoms with E-state index in [0.29, 0.717) is 17.3 Å². The molecule has 0 spiro atoms. The monoisotopic (exact) mass is 553 g/mol. The van der Waals surface area contributed by atoms with Crippen molar-refractivity contribution in [3.8, 4) is 5.69 Å². The molecule has 1 amide bonds. The third kappa shape index (κ3) is 5.33. The summed E-state index contributed by atoms with van der Waals surface area (Å²) in [6, 6.07) is 22.0. The van der Waals surface area contributed by atoms with Gasteiger partial charge in [0, 0.05) is 36.2 Å². The minimum Gasteiger partial charge on any atom is -0.478 e. The molecule has 40 heavy (non-hydrogen) atoms. The van der Waals surface area contributed by atoms with Crippen LogP contribution in [0.4, 0.5) is 5.69 Å². The smallest absolute Gasteiger partial charge is 0.337 e. The first kappa shape index (κ1) is 27.1. The van der Waals surface area contributed by atoms with Crippen LogP contribution in [0.2, 0.25) is 0 Å². The summed E-state index contributed by atoms with van der Waals surface area (Å²) >= 11 is 5.79. The first-order valence-electron chi connectivity index (χ1n) is 13.1. The fraction of sp³-hybridized carbons (Fsp3) is 0.226. The van der Waals surface area contributed by atoms with Crippen molar-refractivity contribution in [2.45, 2.75) is 39.3 Å². The second-order valence-corrected chi connectivity index (χ2v) is 10.4. The van der Waals surface area contributed by atoms with E-state index >= 15 is 0 Å². The van der Waals surface area contributed by atoms with Gasteiger partial charge in [-0.25, -0.2) is 4.79 Å². The van der Waals surface area contributed by atoms with Crippen LogP contribution in [-0.4, -0.2) is 43.1 Å². The van der Waals surface area contributed by atoms with Gasteiger partial charge in [0.15, 0.2) is 5.11 Å². The lowest BCUT2D eigenvalue weighted by atomic mass is 9.96. The lowest BCUT2D eigenvalue weighted by Gasteiger charge is -2.28. The fourth-order valence-corrected chi connectivity index (χ4v) is 5.71.